The third kappa shape index (κ3) is 3.69. The van der Waals surface area contributed by atoms with E-state index in [-0.39, 0.29) is 16.8 Å². The zero-order chi connectivity index (χ0) is 23.1. The zero-order valence-corrected chi connectivity index (χ0v) is 18.8. The van der Waals surface area contributed by atoms with Crippen LogP contribution in [0.25, 0.3) is 11.0 Å². The van der Waals surface area contributed by atoms with Gasteiger partial charge in [-0.15, -0.1) is 0 Å². The molecule has 0 saturated heterocycles. The molecule has 0 spiro atoms. The molecule has 0 radical (unpaired) electrons. The van der Waals surface area contributed by atoms with Crippen molar-refractivity contribution < 1.29 is 13.9 Å². The first-order valence-corrected chi connectivity index (χ1v) is 10.9. The fraction of sp³-hybridized carbons (Fsp3) is 0.0769. The van der Waals surface area contributed by atoms with Gasteiger partial charge in [-0.25, -0.2) is 0 Å². The van der Waals surface area contributed by atoms with Crippen LogP contribution >= 0.6 is 23.2 Å². The molecular weight excluding hydrogens is 461 g/mol. The summed E-state index contributed by atoms with van der Waals surface area (Å²) in [6.07, 6.45) is 1.65. The van der Waals surface area contributed by atoms with Crippen molar-refractivity contribution in [3.8, 4) is 5.75 Å². The molecule has 164 valence electrons. The first-order chi connectivity index (χ1) is 16.0. The van der Waals surface area contributed by atoms with Gasteiger partial charge in [0.2, 0.25) is 5.76 Å². The maximum absolute atomic E-state index is 13.6. The molecule has 5 rings (SSSR count). The molecule has 7 heteroatoms. The van der Waals surface area contributed by atoms with Crippen LogP contribution < -0.4 is 15.1 Å². The van der Waals surface area contributed by atoms with E-state index in [2.05, 4.69) is 6.58 Å². The lowest BCUT2D eigenvalue weighted by Crippen LogP contribution is -2.29. The minimum Gasteiger partial charge on any atom is -0.490 e. The maximum atomic E-state index is 13.6. The van der Waals surface area contributed by atoms with Crippen LogP contribution in [0.5, 0.6) is 5.75 Å². The molecule has 1 atom stereocenters. The number of hydrogen-bond acceptors (Lipinski definition) is 4. The molecule has 33 heavy (non-hydrogen) atoms. The van der Waals surface area contributed by atoms with E-state index in [0.29, 0.717) is 39.1 Å². The summed E-state index contributed by atoms with van der Waals surface area (Å²) in [7, 11) is 0. The van der Waals surface area contributed by atoms with Crippen LogP contribution in [-0.4, -0.2) is 12.5 Å². The predicted molar refractivity (Wildman–Crippen MR) is 130 cm³/mol. The summed E-state index contributed by atoms with van der Waals surface area (Å²) >= 11 is 12.3. The van der Waals surface area contributed by atoms with Crippen LogP contribution in [0.2, 0.25) is 10.0 Å². The number of rotatable bonds is 5. The van der Waals surface area contributed by atoms with Crippen LogP contribution in [0, 0.1) is 0 Å². The van der Waals surface area contributed by atoms with E-state index in [1.54, 1.807) is 60.7 Å². The highest BCUT2D eigenvalue weighted by Gasteiger charge is 2.43. The third-order valence-corrected chi connectivity index (χ3v) is 5.95. The topological polar surface area (TPSA) is 59.8 Å². The van der Waals surface area contributed by atoms with Gasteiger partial charge in [0.15, 0.2) is 5.43 Å². The number of carbonyl (C=O) groups is 1. The summed E-state index contributed by atoms with van der Waals surface area (Å²) in [6, 6.07) is 18.2. The normalized spacial score (nSPS) is 15.0. The second-order valence-electron chi connectivity index (χ2n) is 7.54. The Hall–Kier alpha value is -3.54. The summed E-state index contributed by atoms with van der Waals surface area (Å²) in [4.78, 5) is 28.7. The Morgan fingerprint density at radius 3 is 2.48 bits per heavy atom. The van der Waals surface area contributed by atoms with Crippen LogP contribution in [0.1, 0.15) is 27.7 Å². The first kappa shape index (κ1) is 21.3. The zero-order valence-electron chi connectivity index (χ0n) is 17.3. The minimum atomic E-state index is -0.709. The Morgan fingerprint density at radius 2 is 1.76 bits per heavy atom. The van der Waals surface area contributed by atoms with E-state index in [4.69, 9.17) is 32.4 Å². The summed E-state index contributed by atoms with van der Waals surface area (Å²) in [5.74, 6) is 0.236. The van der Waals surface area contributed by atoms with Gasteiger partial charge in [0, 0.05) is 15.7 Å². The van der Waals surface area contributed by atoms with E-state index >= 15 is 0 Å². The minimum absolute atomic E-state index is 0.00628. The molecule has 5 nitrogen and oxygen atoms in total. The van der Waals surface area contributed by atoms with Gasteiger partial charge in [-0.2, -0.15) is 0 Å². The van der Waals surface area contributed by atoms with Crippen LogP contribution in [-0.2, 0) is 0 Å². The number of hydrogen-bond donors (Lipinski definition) is 0. The van der Waals surface area contributed by atoms with Gasteiger partial charge in [-0.1, -0.05) is 54.1 Å². The molecule has 0 aliphatic carbocycles. The lowest BCUT2D eigenvalue weighted by atomic mass is 9.98. The van der Waals surface area contributed by atoms with E-state index in [9.17, 15) is 9.59 Å². The van der Waals surface area contributed by atoms with Crippen molar-refractivity contribution in [2.45, 2.75) is 6.04 Å². The molecule has 4 aromatic rings. The van der Waals surface area contributed by atoms with Crippen molar-refractivity contribution in [1.82, 2.24) is 0 Å². The number of anilines is 1. The van der Waals surface area contributed by atoms with Gasteiger partial charge >= 0.3 is 0 Å². The highest BCUT2D eigenvalue weighted by molar-refractivity contribution is 6.31. The van der Waals surface area contributed by atoms with Gasteiger partial charge < -0.3 is 9.15 Å². The van der Waals surface area contributed by atoms with Crippen molar-refractivity contribution in [1.29, 1.82) is 0 Å². The smallest absolute Gasteiger partial charge is 0.295 e. The monoisotopic (exact) mass is 477 g/mol. The number of halogens is 2. The van der Waals surface area contributed by atoms with Crippen molar-refractivity contribution in [2.24, 2.45) is 0 Å². The molecule has 1 amide bonds. The molecule has 1 aromatic heterocycles. The fourth-order valence-corrected chi connectivity index (χ4v) is 4.41. The summed E-state index contributed by atoms with van der Waals surface area (Å²) in [6.45, 7) is 4.02. The van der Waals surface area contributed by atoms with Gasteiger partial charge in [-0.3, -0.25) is 14.5 Å². The first-order valence-electron chi connectivity index (χ1n) is 10.2. The van der Waals surface area contributed by atoms with Gasteiger partial charge in [0.25, 0.3) is 5.91 Å². The molecule has 1 unspecified atom stereocenters. The molecule has 0 N–H and O–H groups in total. The molecule has 1 aliphatic heterocycles. The number of amides is 1. The number of fused-ring (bicyclic) bond motifs is 2. The van der Waals surface area contributed by atoms with Gasteiger partial charge in [0.1, 0.15) is 17.9 Å². The molecule has 1 aliphatic rings. The lowest BCUT2D eigenvalue weighted by molar-refractivity contribution is 0.0971. The van der Waals surface area contributed by atoms with Crippen LogP contribution in [0.3, 0.4) is 0 Å². The number of ether oxygens (including phenoxy) is 1. The van der Waals surface area contributed by atoms with Crippen molar-refractivity contribution in [3.05, 3.63) is 117 Å². The SMILES string of the molecule is C=CCOc1ccc(C2c3c(oc4ccc(Cl)cc4c3=O)C(=O)N2c2cccc(Cl)c2)cc1. The highest BCUT2D eigenvalue weighted by atomic mass is 35.5. The molecule has 0 fully saturated rings. The van der Waals surface area contributed by atoms with E-state index in [1.165, 1.54) is 4.90 Å². The molecule has 0 saturated carbocycles. The summed E-state index contributed by atoms with van der Waals surface area (Å²) < 4.78 is 11.5. The lowest BCUT2D eigenvalue weighted by Gasteiger charge is -2.25. The average molecular weight is 478 g/mol. The van der Waals surface area contributed by atoms with Crippen molar-refractivity contribution in [2.75, 3.05) is 11.5 Å². The second-order valence-corrected chi connectivity index (χ2v) is 8.41. The predicted octanol–water partition coefficient (Wildman–Crippen LogP) is 6.41. The Balaban J connectivity index is 1.73. The van der Waals surface area contributed by atoms with Gasteiger partial charge in [0.05, 0.1) is 17.0 Å². The quantitative estimate of drug-likeness (QED) is 0.311. The van der Waals surface area contributed by atoms with Crippen LogP contribution in [0.15, 0.2) is 88.6 Å². The largest absolute Gasteiger partial charge is 0.490 e. The Bertz CT molecular complexity index is 1460. The number of nitrogens with zero attached hydrogens (tertiary/aromatic N) is 1. The molecule has 2 heterocycles. The van der Waals surface area contributed by atoms with Crippen molar-refractivity contribution >= 4 is 45.8 Å². The van der Waals surface area contributed by atoms with Crippen molar-refractivity contribution in [3.63, 3.8) is 0 Å². The van der Waals surface area contributed by atoms with E-state index in [1.807, 2.05) is 12.1 Å². The average Bonchev–Trinajstić information content (AvgIpc) is 3.11. The Labute approximate surface area is 199 Å². The van der Waals surface area contributed by atoms with E-state index < -0.39 is 11.9 Å². The second kappa shape index (κ2) is 8.43. The standard InChI is InChI=1S/C26H17Cl2NO4/c1-2-12-32-19-9-6-15(7-10-19)23-22-24(30)20-14-17(28)8-11-21(20)33-25(22)26(31)29(23)18-5-3-4-16(27)13-18/h2-11,13-14,23H,1,12H2. The summed E-state index contributed by atoms with van der Waals surface area (Å²) in [5, 5.41) is 1.20. The number of benzene rings is 3. The number of carbonyl (C=O) groups excluding carboxylic acids is 1. The molecule has 3 aromatic carbocycles. The summed E-state index contributed by atoms with van der Waals surface area (Å²) in [5.41, 5.74) is 1.54. The fourth-order valence-electron chi connectivity index (χ4n) is 4.05. The Morgan fingerprint density at radius 1 is 1.00 bits per heavy atom. The third-order valence-electron chi connectivity index (χ3n) is 5.48. The maximum Gasteiger partial charge on any atom is 0.295 e. The van der Waals surface area contributed by atoms with Crippen LogP contribution in [0.4, 0.5) is 5.69 Å². The van der Waals surface area contributed by atoms with E-state index in [0.717, 1.165) is 5.56 Å². The molecule has 0 bridgehead atoms. The Kier molecular flexibility index (Phi) is 5.44. The highest BCUT2D eigenvalue weighted by Crippen LogP contribution is 2.42. The molecular formula is C26H17Cl2NO4. The van der Waals surface area contributed by atoms with Gasteiger partial charge in [-0.05, 0) is 54.1 Å².